The highest BCUT2D eigenvalue weighted by molar-refractivity contribution is 7.41. The van der Waals surface area contributed by atoms with E-state index in [1.165, 1.54) is 24.3 Å². The Balaban J connectivity index is 2.16. The van der Waals surface area contributed by atoms with Crippen LogP contribution >= 0.6 is 78.2 Å². The molecule has 2 aromatic carbocycles. The Morgan fingerprint density at radius 1 is 0.636 bits per heavy atom. The zero-order valence-electron chi connectivity index (χ0n) is 10.3. The molecule has 1 N–H and O–H groups in total. The lowest BCUT2D eigenvalue weighted by molar-refractivity contribution is 0.382. The molecule has 2 rings (SSSR count). The van der Waals surface area contributed by atoms with Crippen molar-refractivity contribution in [2.24, 2.45) is 0 Å². The van der Waals surface area contributed by atoms with Crippen molar-refractivity contribution in [3.63, 3.8) is 0 Å². The summed E-state index contributed by atoms with van der Waals surface area (Å²) in [5.74, 6) is 0.224. The van der Waals surface area contributed by atoms with E-state index in [9.17, 15) is 4.89 Å². The van der Waals surface area contributed by atoms with Crippen LogP contribution in [0.3, 0.4) is 0 Å². The Morgan fingerprint density at radius 3 is 1.36 bits per heavy atom. The zero-order valence-corrected chi connectivity index (χ0v) is 15.7. The number of benzene rings is 2. The van der Waals surface area contributed by atoms with Gasteiger partial charge < -0.3 is 13.9 Å². The van der Waals surface area contributed by atoms with Crippen LogP contribution in [-0.2, 0) is 0 Å². The van der Waals surface area contributed by atoms with Gasteiger partial charge in [-0.2, -0.15) is 0 Å². The summed E-state index contributed by atoms with van der Waals surface area (Å²) >= 11 is 35.3. The summed E-state index contributed by atoms with van der Waals surface area (Å²) in [6, 6.07) is 5.84. The third-order valence-corrected chi connectivity index (χ3v) is 5.61. The summed E-state index contributed by atoms with van der Waals surface area (Å²) in [6.07, 6.45) is 0. The molecule has 0 spiro atoms. The predicted octanol–water partition coefficient (Wildman–Crippen LogP) is 7.28. The van der Waals surface area contributed by atoms with Crippen molar-refractivity contribution in [1.82, 2.24) is 0 Å². The van der Waals surface area contributed by atoms with Crippen molar-refractivity contribution in [3.8, 4) is 11.5 Å². The van der Waals surface area contributed by atoms with Crippen LogP contribution < -0.4 is 9.05 Å². The molecule has 2 aromatic rings. The third-order valence-electron chi connectivity index (χ3n) is 2.35. The minimum absolute atomic E-state index is 0.0551. The highest BCUT2D eigenvalue weighted by Crippen LogP contribution is 2.46. The first kappa shape index (κ1) is 18.5. The van der Waals surface area contributed by atoms with Gasteiger partial charge in [-0.05, 0) is 24.3 Å². The molecule has 0 aliphatic rings. The van der Waals surface area contributed by atoms with Crippen molar-refractivity contribution in [2.45, 2.75) is 0 Å². The van der Waals surface area contributed by atoms with E-state index in [1.807, 2.05) is 0 Å². The maximum absolute atomic E-state index is 9.88. The van der Waals surface area contributed by atoms with Gasteiger partial charge >= 0.3 is 8.60 Å². The molecular formula is C12H5Cl6O3P. The van der Waals surface area contributed by atoms with Crippen LogP contribution in [0.1, 0.15) is 0 Å². The van der Waals surface area contributed by atoms with Gasteiger partial charge in [0.15, 0.2) is 0 Å². The number of hydrogen-bond donors (Lipinski definition) is 1. The Kier molecular flexibility index (Phi) is 6.59. The standard InChI is InChI=1S/C12H5Cl6O3P/c13-5-1-3-7(11(17)9(5)15)20-22(19)21-8-4-2-6(14)10(16)12(8)18/h1-4,19H. The smallest absolute Gasteiger partial charge is 0.416 e. The Labute approximate surface area is 157 Å². The molecule has 0 saturated heterocycles. The molecule has 0 amide bonds. The number of halogens is 6. The Bertz CT molecular complexity index is 652. The first-order valence-electron chi connectivity index (χ1n) is 5.43. The Morgan fingerprint density at radius 2 is 1.00 bits per heavy atom. The fraction of sp³-hybridized carbons (Fsp3) is 0. The highest BCUT2D eigenvalue weighted by atomic mass is 35.5. The summed E-state index contributed by atoms with van der Waals surface area (Å²) in [5.41, 5.74) is 0. The fourth-order valence-electron chi connectivity index (χ4n) is 1.34. The van der Waals surface area contributed by atoms with Crippen LogP contribution in [0.15, 0.2) is 24.3 Å². The first-order valence-corrected chi connectivity index (χ1v) is 8.83. The van der Waals surface area contributed by atoms with E-state index in [-0.39, 0.29) is 41.6 Å². The lowest BCUT2D eigenvalue weighted by atomic mass is 10.3. The van der Waals surface area contributed by atoms with Crippen LogP contribution in [0, 0.1) is 0 Å². The monoisotopic (exact) mass is 438 g/mol. The van der Waals surface area contributed by atoms with Crippen molar-refractivity contribution in [1.29, 1.82) is 0 Å². The van der Waals surface area contributed by atoms with E-state index in [0.29, 0.717) is 0 Å². The van der Waals surface area contributed by atoms with Crippen LogP contribution in [-0.4, -0.2) is 4.89 Å². The topological polar surface area (TPSA) is 38.7 Å². The van der Waals surface area contributed by atoms with Crippen LogP contribution in [0.5, 0.6) is 11.5 Å². The molecular weight excluding hydrogens is 436 g/mol. The predicted molar refractivity (Wildman–Crippen MR) is 93.3 cm³/mol. The highest BCUT2D eigenvalue weighted by Gasteiger charge is 2.19. The van der Waals surface area contributed by atoms with Crippen LogP contribution in [0.4, 0.5) is 0 Å². The Hall–Kier alpha value is 0.170. The lowest BCUT2D eigenvalue weighted by Gasteiger charge is -2.15. The minimum Gasteiger partial charge on any atom is -0.416 e. The molecule has 0 bridgehead atoms. The zero-order chi connectivity index (χ0) is 16.4. The summed E-state index contributed by atoms with van der Waals surface area (Å²) in [4.78, 5) is 9.88. The maximum Gasteiger partial charge on any atom is 0.460 e. The average Bonchev–Trinajstić information content (AvgIpc) is 2.48. The second-order valence-corrected chi connectivity index (χ2v) is 6.93. The van der Waals surface area contributed by atoms with Crippen molar-refractivity contribution in [2.75, 3.05) is 0 Å². The number of rotatable bonds is 4. The minimum atomic E-state index is -2.38. The maximum atomic E-state index is 9.88. The second kappa shape index (κ2) is 7.83. The summed E-state index contributed by atoms with van der Waals surface area (Å²) in [5, 5.41) is 0.845. The quantitative estimate of drug-likeness (QED) is 0.401. The molecule has 0 saturated carbocycles. The largest absolute Gasteiger partial charge is 0.460 e. The summed E-state index contributed by atoms with van der Waals surface area (Å²) < 4.78 is 10.4. The van der Waals surface area contributed by atoms with Gasteiger partial charge in [0.1, 0.15) is 21.5 Å². The van der Waals surface area contributed by atoms with Gasteiger partial charge in [-0.3, -0.25) is 0 Å². The molecule has 0 aliphatic heterocycles. The van der Waals surface area contributed by atoms with Gasteiger partial charge in [0.25, 0.3) is 0 Å². The summed E-state index contributed by atoms with van der Waals surface area (Å²) in [6.45, 7) is 0. The van der Waals surface area contributed by atoms with Crippen molar-refractivity contribution >= 4 is 78.2 Å². The van der Waals surface area contributed by atoms with E-state index in [2.05, 4.69) is 0 Å². The van der Waals surface area contributed by atoms with E-state index < -0.39 is 8.60 Å². The summed E-state index contributed by atoms with van der Waals surface area (Å²) in [7, 11) is -2.38. The molecule has 10 heteroatoms. The molecule has 0 unspecified atom stereocenters. The van der Waals surface area contributed by atoms with E-state index in [4.69, 9.17) is 78.7 Å². The van der Waals surface area contributed by atoms with Crippen molar-refractivity contribution < 1.29 is 13.9 Å². The van der Waals surface area contributed by atoms with Gasteiger partial charge in [0.05, 0.1) is 20.1 Å². The molecule has 3 nitrogen and oxygen atoms in total. The molecule has 0 atom stereocenters. The van der Waals surface area contributed by atoms with E-state index in [0.717, 1.165) is 0 Å². The molecule has 0 aliphatic carbocycles. The number of hydrogen-bond acceptors (Lipinski definition) is 3. The fourth-order valence-corrected chi connectivity index (χ4v) is 3.26. The second-order valence-electron chi connectivity index (χ2n) is 3.77. The van der Waals surface area contributed by atoms with Gasteiger partial charge in [0, 0.05) is 0 Å². The molecule has 0 heterocycles. The lowest BCUT2D eigenvalue weighted by Crippen LogP contribution is -1.96. The van der Waals surface area contributed by atoms with E-state index >= 15 is 0 Å². The van der Waals surface area contributed by atoms with Gasteiger partial charge in [-0.25, -0.2) is 0 Å². The molecule has 22 heavy (non-hydrogen) atoms. The third kappa shape index (κ3) is 4.17. The van der Waals surface area contributed by atoms with Gasteiger partial charge in [0.2, 0.25) is 0 Å². The van der Waals surface area contributed by atoms with Crippen LogP contribution in [0.2, 0.25) is 30.1 Å². The molecule has 0 aromatic heterocycles. The normalized spacial score (nSPS) is 10.9. The average molecular weight is 441 g/mol. The van der Waals surface area contributed by atoms with Crippen LogP contribution in [0.25, 0.3) is 0 Å². The van der Waals surface area contributed by atoms with Gasteiger partial charge in [-0.1, -0.05) is 69.6 Å². The van der Waals surface area contributed by atoms with E-state index in [1.54, 1.807) is 0 Å². The SMILES string of the molecule is OP(Oc1ccc(Cl)c(Cl)c1Cl)Oc1ccc(Cl)c(Cl)c1Cl. The first-order chi connectivity index (χ1) is 10.3. The van der Waals surface area contributed by atoms with Gasteiger partial charge in [-0.15, -0.1) is 0 Å². The molecule has 0 radical (unpaired) electrons. The molecule has 118 valence electrons. The molecule has 0 fully saturated rings. The van der Waals surface area contributed by atoms with Crippen molar-refractivity contribution in [3.05, 3.63) is 54.4 Å².